The number of carbonyl (C=O) groups is 1. The van der Waals surface area contributed by atoms with Crippen LogP contribution in [0.25, 0.3) is 22.0 Å². The average molecular weight is 1050 g/mol. The van der Waals surface area contributed by atoms with Gasteiger partial charge in [0.25, 0.3) is 0 Å². The van der Waals surface area contributed by atoms with Gasteiger partial charge in [-0.15, -0.1) is 0 Å². The van der Waals surface area contributed by atoms with Gasteiger partial charge in [-0.1, -0.05) is 120 Å². The summed E-state index contributed by atoms with van der Waals surface area (Å²) >= 11 is 6.51. The average Bonchev–Trinajstić information content (AvgIpc) is 4.13. The molecule has 0 bridgehead atoms. The van der Waals surface area contributed by atoms with E-state index in [0.717, 1.165) is 69.3 Å². The first-order valence-corrected chi connectivity index (χ1v) is 27.3. The SMILES string of the molecule is C=CN.C=CN1CC2CC(N3CCC(c4ccc5c(N6CCC(=C)NC6=O)nn(C)c5c4)CC3)CC2C1.CC1CC[CH-]CC1.CCc1ccc(C)c(-c2c(Cl)c(F)cc3c2C(C)C(C)(c2ccccc2)C3)c1F.[CH3-].[Na+]. The maximum absolute atomic E-state index is 15.5. The van der Waals surface area contributed by atoms with Crippen molar-refractivity contribution in [2.75, 3.05) is 37.6 Å². The van der Waals surface area contributed by atoms with E-state index in [1.54, 1.807) is 17.0 Å². The van der Waals surface area contributed by atoms with Crippen molar-refractivity contribution in [3.63, 3.8) is 0 Å². The number of hydrogen-bond donors (Lipinski definition) is 2. The van der Waals surface area contributed by atoms with Gasteiger partial charge in [0.15, 0.2) is 5.82 Å². The third-order valence-corrected chi connectivity index (χ3v) is 17.7. The number of urea groups is 1. The zero-order valence-corrected chi connectivity index (χ0v) is 49.1. The van der Waals surface area contributed by atoms with Gasteiger partial charge in [0.1, 0.15) is 11.6 Å². The van der Waals surface area contributed by atoms with Gasteiger partial charge in [-0.2, -0.15) is 17.9 Å². The normalized spacial score (nSPS) is 23.5. The second kappa shape index (κ2) is 26.3. The number of aromatic nitrogens is 2. The standard InChI is InChI=1S/C27H36N6O.C26H25ClF2.C7H13.C2H5N.CH3.Na/c1-4-31-16-21-13-23(14-22(21)17-31)32-10-8-19(9-11-32)20-5-6-24-25(15-20)30(3)29-26(24)33-12-7-18(2)28-27(33)34;1-5-17-12-11-15(2)21(25(17)29)23-22-16(3)26(4,19-9-7-6-8-10-19)14-18(22)13-20(28)24(23)27;1-7-5-3-2-4-6-7;1-2-3;;/h4-6,15,19,21-23H,1-2,7-14,16-17H2,3H3,(H,28,34);6-13,16H,5,14H2,1-4H3;2,7H,3-6H2,1H3;2H,1,3H2;1H3;/q;;-1;;-1;+1. The Kier molecular flexibility index (Phi) is 20.9. The molecule has 5 fully saturated rings. The van der Waals surface area contributed by atoms with E-state index in [4.69, 9.17) is 16.7 Å². The van der Waals surface area contributed by atoms with E-state index < -0.39 is 5.82 Å². The second-order valence-corrected chi connectivity index (χ2v) is 22.3. The van der Waals surface area contributed by atoms with Crippen molar-refractivity contribution in [1.29, 1.82) is 0 Å². The van der Waals surface area contributed by atoms with Crippen LogP contribution in [0.1, 0.15) is 131 Å². The van der Waals surface area contributed by atoms with Crippen LogP contribution >= 0.6 is 11.6 Å². The fourth-order valence-corrected chi connectivity index (χ4v) is 13.1. The van der Waals surface area contributed by atoms with Crippen molar-refractivity contribution < 1.29 is 43.1 Å². The molecule has 75 heavy (non-hydrogen) atoms. The topological polar surface area (TPSA) is 82.7 Å². The summed E-state index contributed by atoms with van der Waals surface area (Å²) in [6.45, 7) is 26.9. The molecule has 8 nitrogen and oxygen atoms in total. The molecule has 0 radical (unpaired) electrons. The number of halogens is 3. The molecule has 4 atom stereocenters. The summed E-state index contributed by atoms with van der Waals surface area (Å²) in [4.78, 5) is 19.4. The molecule has 4 heterocycles. The Labute approximate surface area is 475 Å². The van der Waals surface area contributed by atoms with Crippen LogP contribution in [-0.2, 0) is 25.3 Å². The van der Waals surface area contributed by atoms with Crippen molar-refractivity contribution in [1.82, 2.24) is 24.9 Å². The molecular formula is C63H82ClF2N7NaO-. The zero-order valence-electron chi connectivity index (χ0n) is 46.3. The molecule has 11 rings (SSSR count). The Morgan fingerprint density at radius 3 is 2.19 bits per heavy atom. The Hall–Kier alpha value is -4.45. The Morgan fingerprint density at radius 1 is 0.947 bits per heavy atom. The van der Waals surface area contributed by atoms with E-state index in [1.807, 2.05) is 56.0 Å². The molecule has 3 saturated heterocycles. The summed E-state index contributed by atoms with van der Waals surface area (Å²) in [7, 11) is 1.98. The molecule has 4 aromatic carbocycles. The molecule has 0 spiro atoms. The van der Waals surface area contributed by atoms with E-state index in [2.05, 4.69) is 98.1 Å². The first-order valence-electron chi connectivity index (χ1n) is 26.9. The smallest absolute Gasteiger partial charge is 0.405 e. The minimum absolute atomic E-state index is 0. The first-order chi connectivity index (χ1) is 35.1. The van der Waals surface area contributed by atoms with Gasteiger partial charge < -0.3 is 34.7 Å². The van der Waals surface area contributed by atoms with Crippen LogP contribution in [0.4, 0.5) is 19.4 Å². The number of anilines is 1. The molecule has 12 heteroatoms. The van der Waals surface area contributed by atoms with Crippen molar-refractivity contribution in [2.24, 2.45) is 30.5 Å². The Balaban J connectivity index is 0.000000203. The maximum Gasteiger partial charge on any atom is 1.00 e. The van der Waals surface area contributed by atoms with Crippen molar-refractivity contribution in [3.8, 4) is 11.1 Å². The molecule has 4 unspecified atom stereocenters. The van der Waals surface area contributed by atoms with Gasteiger partial charge in [-0.05, 0) is 152 Å². The minimum Gasteiger partial charge on any atom is -0.405 e. The fourth-order valence-electron chi connectivity index (χ4n) is 12.9. The van der Waals surface area contributed by atoms with E-state index in [0.29, 0.717) is 42.0 Å². The molecular weight excluding hydrogens is 967 g/mol. The molecule has 1 aromatic heterocycles. The van der Waals surface area contributed by atoms with Crippen molar-refractivity contribution >= 4 is 34.4 Å². The third kappa shape index (κ3) is 12.8. The van der Waals surface area contributed by atoms with Gasteiger partial charge in [0.2, 0.25) is 0 Å². The number of piperidine rings is 1. The van der Waals surface area contributed by atoms with E-state index in [1.165, 1.54) is 94.9 Å². The number of rotatable bonds is 7. The predicted molar refractivity (Wildman–Crippen MR) is 305 cm³/mol. The van der Waals surface area contributed by atoms with Crippen molar-refractivity contribution in [3.05, 3.63) is 168 Å². The van der Waals surface area contributed by atoms with Crippen LogP contribution in [0, 0.1) is 50.2 Å². The summed E-state index contributed by atoms with van der Waals surface area (Å²) in [6, 6.07) is 22.9. The van der Waals surface area contributed by atoms with Gasteiger partial charge >= 0.3 is 35.6 Å². The quantitative estimate of drug-likeness (QED) is 0.125. The van der Waals surface area contributed by atoms with Crippen molar-refractivity contribution in [2.45, 2.75) is 129 Å². The molecule has 2 saturated carbocycles. The molecule has 5 aromatic rings. The minimum atomic E-state index is -0.481. The molecule has 398 valence electrons. The van der Waals surface area contributed by atoms with E-state index in [-0.39, 0.29) is 65.2 Å². The summed E-state index contributed by atoms with van der Waals surface area (Å²) in [5.41, 5.74) is 13.1. The Morgan fingerprint density at radius 2 is 1.60 bits per heavy atom. The number of fused-ring (bicyclic) bond motifs is 3. The molecule has 2 amide bonds. The predicted octanol–water partition coefficient (Wildman–Crippen LogP) is 11.8. The maximum atomic E-state index is 15.5. The van der Waals surface area contributed by atoms with Crippen LogP contribution in [-0.4, -0.2) is 64.4 Å². The number of carbonyl (C=O) groups excluding carboxylic acids is 1. The number of benzene rings is 4. The number of hydrogen-bond acceptors (Lipinski definition) is 5. The number of amides is 2. The van der Waals surface area contributed by atoms with E-state index in [9.17, 15) is 9.18 Å². The molecule has 3 N–H and O–H groups in total. The molecule has 3 aliphatic heterocycles. The monoisotopic (exact) mass is 1050 g/mol. The summed E-state index contributed by atoms with van der Waals surface area (Å²) in [6.07, 6.45) is 18.4. The molecule has 3 aliphatic carbocycles. The van der Waals surface area contributed by atoms with Gasteiger partial charge in [-0.25, -0.2) is 13.6 Å². The van der Waals surface area contributed by atoms with Gasteiger partial charge in [0.05, 0.1) is 10.5 Å². The van der Waals surface area contributed by atoms with Gasteiger partial charge in [-0.3, -0.25) is 9.58 Å². The second-order valence-electron chi connectivity index (χ2n) is 21.9. The van der Waals surface area contributed by atoms with E-state index >= 15 is 4.39 Å². The Bertz CT molecular complexity index is 2770. The first kappa shape index (κ1) is 59.8. The summed E-state index contributed by atoms with van der Waals surface area (Å²) < 4.78 is 32.3. The van der Waals surface area contributed by atoms with Crippen LogP contribution in [0.15, 0.2) is 105 Å². The fraction of sp³-hybridized carbons (Fsp3) is 0.460. The van der Waals surface area contributed by atoms with Crippen LogP contribution in [0.3, 0.4) is 0 Å². The third-order valence-electron chi connectivity index (χ3n) is 17.3. The summed E-state index contributed by atoms with van der Waals surface area (Å²) in [5, 5.41) is 8.61. The van der Waals surface area contributed by atoms with Crippen LogP contribution < -0.4 is 45.5 Å². The summed E-state index contributed by atoms with van der Waals surface area (Å²) in [5.74, 6) is 3.36. The van der Waals surface area contributed by atoms with Crippen LogP contribution in [0.5, 0.6) is 0 Å². The number of aryl methyl sites for hydroxylation is 3. The molecule has 6 aliphatic rings. The van der Waals surface area contributed by atoms with Crippen LogP contribution in [0.2, 0.25) is 5.02 Å². The number of nitrogens with zero attached hydrogens (tertiary/aromatic N) is 5. The zero-order chi connectivity index (χ0) is 52.1. The number of nitrogens with one attached hydrogen (secondary N) is 1. The number of nitrogens with two attached hydrogens (primary N) is 1. The van der Waals surface area contributed by atoms with Gasteiger partial charge in [0, 0.05) is 66.8 Å². The largest absolute Gasteiger partial charge is 1.00 e. The number of likely N-dealkylation sites (tertiary alicyclic amines) is 2.